The number of ether oxygens (including phenoxy) is 1. The Morgan fingerprint density at radius 2 is 1.73 bits per heavy atom. The van der Waals surface area contributed by atoms with Gasteiger partial charge in [-0.1, -0.05) is 0 Å². The highest BCUT2D eigenvalue weighted by atomic mass is 16.6. The molecule has 1 fully saturated rings. The molecule has 0 saturated carbocycles. The van der Waals surface area contributed by atoms with E-state index in [0.717, 1.165) is 0 Å². The zero-order chi connectivity index (χ0) is 8.86. The molecule has 0 aromatic rings. The first-order valence-corrected chi connectivity index (χ1v) is 3.95. The van der Waals surface area contributed by atoms with Gasteiger partial charge in [0.25, 0.3) is 0 Å². The Bertz CT molecular complexity index is 165. The lowest BCUT2D eigenvalue weighted by Crippen LogP contribution is -2.48. The second-order valence-electron chi connectivity index (χ2n) is 4.17. The highest BCUT2D eigenvalue weighted by Crippen LogP contribution is 2.37. The smallest absolute Gasteiger partial charge is 0.139 e. The van der Waals surface area contributed by atoms with Crippen molar-refractivity contribution in [1.29, 1.82) is 0 Å². The molecule has 1 aliphatic heterocycles. The van der Waals surface area contributed by atoms with E-state index in [-0.39, 0.29) is 11.6 Å². The zero-order valence-electron chi connectivity index (χ0n) is 7.88. The fourth-order valence-electron chi connectivity index (χ4n) is 1.49. The van der Waals surface area contributed by atoms with Crippen molar-refractivity contribution in [2.24, 2.45) is 0 Å². The van der Waals surface area contributed by atoms with Gasteiger partial charge in [0.05, 0.1) is 11.6 Å². The molecule has 1 N–H and O–H groups in total. The van der Waals surface area contributed by atoms with Crippen LogP contribution in [0.25, 0.3) is 0 Å². The van der Waals surface area contributed by atoms with Crippen molar-refractivity contribution in [2.75, 3.05) is 0 Å². The van der Waals surface area contributed by atoms with Crippen LogP contribution in [0.4, 0.5) is 0 Å². The molecule has 0 spiro atoms. The highest BCUT2D eigenvalue weighted by molar-refractivity contribution is 4.94. The Balaban J connectivity index is 2.89. The molecule has 0 radical (unpaired) electrons. The molecule has 0 amide bonds. The van der Waals surface area contributed by atoms with Crippen LogP contribution in [0.2, 0.25) is 0 Å². The summed E-state index contributed by atoms with van der Waals surface area (Å²) in [7, 11) is 0. The van der Waals surface area contributed by atoms with Crippen LogP contribution in [0.1, 0.15) is 34.6 Å². The van der Waals surface area contributed by atoms with Crippen LogP contribution in [-0.2, 0) is 4.74 Å². The SMILES string of the molecule is CC1OC(C)(C)N(O)C1(C)C. The van der Waals surface area contributed by atoms with Crippen LogP contribution in [0.5, 0.6) is 0 Å². The summed E-state index contributed by atoms with van der Waals surface area (Å²) < 4.78 is 5.55. The lowest BCUT2D eigenvalue weighted by atomic mass is 9.99. The van der Waals surface area contributed by atoms with E-state index in [1.807, 2.05) is 34.6 Å². The average Bonchev–Trinajstić information content (AvgIpc) is 1.94. The monoisotopic (exact) mass is 159 g/mol. The van der Waals surface area contributed by atoms with Crippen molar-refractivity contribution in [2.45, 2.75) is 52.0 Å². The van der Waals surface area contributed by atoms with E-state index in [4.69, 9.17) is 4.74 Å². The van der Waals surface area contributed by atoms with Gasteiger partial charge in [-0.15, -0.1) is 0 Å². The van der Waals surface area contributed by atoms with Crippen LogP contribution in [0.15, 0.2) is 0 Å². The van der Waals surface area contributed by atoms with E-state index in [0.29, 0.717) is 0 Å². The number of hydrogen-bond acceptors (Lipinski definition) is 3. The molecule has 0 aromatic heterocycles. The fraction of sp³-hybridized carbons (Fsp3) is 1.00. The third kappa shape index (κ3) is 1.17. The molecular weight excluding hydrogens is 142 g/mol. The molecule has 0 aliphatic carbocycles. The maximum absolute atomic E-state index is 9.66. The maximum atomic E-state index is 9.66. The number of hydrogen-bond donors (Lipinski definition) is 1. The van der Waals surface area contributed by atoms with Crippen molar-refractivity contribution in [1.82, 2.24) is 5.06 Å². The summed E-state index contributed by atoms with van der Waals surface area (Å²) in [6.45, 7) is 9.62. The van der Waals surface area contributed by atoms with E-state index < -0.39 is 5.72 Å². The summed E-state index contributed by atoms with van der Waals surface area (Å²) in [4.78, 5) is 0. The maximum Gasteiger partial charge on any atom is 0.139 e. The summed E-state index contributed by atoms with van der Waals surface area (Å²) in [6, 6.07) is 0. The van der Waals surface area contributed by atoms with Crippen molar-refractivity contribution >= 4 is 0 Å². The molecule has 0 aromatic carbocycles. The summed E-state index contributed by atoms with van der Waals surface area (Å²) in [5.41, 5.74) is -0.841. The second-order valence-corrected chi connectivity index (χ2v) is 4.17. The van der Waals surface area contributed by atoms with Gasteiger partial charge in [-0.2, -0.15) is 5.06 Å². The van der Waals surface area contributed by atoms with Crippen LogP contribution in [-0.4, -0.2) is 27.6 Å². The summed E-state index contributed by atoms with van der Waals surface area (Å²) in [6.07, 6.45) is 0.0579. The third-order valence-electron chi connectivity index (χ3n) is 2.52. The van der Waals surface area contributed by atoms with Crippen LogP contribution < -0.4 is 0 Å². The standard InChI is InChI=1S/C8H17NO2/c1-6-7(2,3)9(10)8(4,5)11-6/h6,10H,1-5H3. The Kier molecular flexibility index (Phi) is 1.78. The van der Waals surface area contributed by atoms with E-state index in [1.54, 1.807) is 0 Å². The van der Waals surface area contributed by atoms with Gasteiger partial charge in [0.1, 0.15) is 5.72 Å². The topological polar surface area (TPSA) is 32.7 Å². The van der Waals surface area contributed by atoms with Gasteiger partial charge >= 0.3 is 0 Å². The van der Waals surface area contributed by atoms with Crippen LogP contribution >= 0.6 is 0 Å². The van der Waals surface area contributed by atoms with Gasteiger partial charge in [-0.3, -0.25) is 0 Å². The van der Waals surface area contributed by atoms with E-state index in [9.17, 15) is 5.21 Å². The predicted octanol–water partition coefficient (Wildman–Crippen LogP) is 1.61. The number of nitrogens with zero attached hydrogens (tertiary/aromatic N) is 1. The van der Waals surface area contributed by atoms with Gasteiger partial charge in [0, 0.05) is 0 Å². The second kappa shape index (κ2) is 2.19. The first-order valence-electron chi connectivity index (χ1n) is 3.95. The van der Waals surface area contributed by atoms with Crippen molar-refractivity contribution in [3.8, 4) is 0 Å². The molecule has 1 saturated heterocycles. The molecule has 66 valence electrons. The molecule has 1 atom stereocenters. The van der Waals surface area contributed by atoms with E-state index in [2.05, 4.69) is 0 Å². The molecule has 1 rings (SSSR count). The van der Waals surface area contributed by atoms with Gasteiger partial charge < -0.3 is 9.94 Å². The van der Waals surface area contributed by atoms with Crippen molar-refractivity contribution < 1.29 is 9.94 Å². The third-order valence-corrected chi connectivity index (χ3v) is 2.52. The molecule has 3 nitrogen and oxygen atoms in total. The minimum Gasteiger partial charge on any atom is -0.354 e. The first kappa shape index (κ1) is 8.97. The Morgan fingerprint density at radius 1 is 1.27 bits per heavy atom. The first-order chi connectivity index (χ1) is 4.78. The Labute approximate surface area is 67.9 Å². The summed E-state index contributed by atoms with van der Waals surface area (Å²) in [5.74, 6) is 0. The average molecular weight is 159 g/mol. The number of hydroxylamine groups is 2. The van der Waals surface area contributed by atoms with Gasteiger partial charge in [-0.05, 0) is 34.6 Å². The van der Waals surface area contributed by atoms with Gasteiger partial charge in [-0.25, -0.2) is 0 Å². The van der Waals surface area contributed by atoms with Crippen LogP contribution in [0.3, 0.4) is 0 Å². The molecular formula is C8H17NO2. The van der Waals surface area contributed by atoms with Gasteiger partial charge in [0.2, 0.25) is 0 Å². The molecule has 1 aliphatic rings. The van der Waals surface area contributed by atoms with E-state index >= 15 is 0 Å². The van der Waals surface area contributed by atoms with Crippen molar-refractivity contribution in [3.63, 3.8) is 0 Å². The summed E-state index contributed by atoms with van der Waals surface area (Å²) >= 11 is 0. The Morgan fingerprint density at radius 3 is 1.82 bits per heavy atom. The normalized spacial score (nSPS) is 36.0. The molecule has 3 heteroatoms. The quantitative estimate of drug-likeness (QED) is 0.583. The lowest BCUT2D eigenvalue weighted by molar-refractivity contribution is -0.234. The Hall–Kier alpha value is -0.120. The minimum atomic E-state index is -0.553. The number of rotatable bonds is 0. The summed E-state index contributed by atoms with van der Waals surface area (Å²) in [5, 5.41) is 10.9. The van der Waals surface area contributed by atoms with Gasteiger partial charge in [0.15, 0.2) is 0 Å². The molecule has 11 heavy (non-hydrogen) atoms. The van der Waals surface area contributed by atoms with Crippen molar-refractivity contribution in [3.05, 3.63) is 0 Å². The lowest BCUT2D eigenvalue weighted by Gasteiger charge is -2.31. The highest BCUT2D eigenvalue weighted by Gasteiger charge is 2.50. The molecule has 0 bridgehead atoms. The fourth-order valence-corrected chi connectivity index (χ4v) is 1.49. The largest absolute Gasteiger partial charge is 0.354 e. The zero-order valence-corrected chi connectivity index (χ0v) is 7.88. The molecule has 1 heterocycles. The van der Waals surface area contributed by atoms with E-state index in [1.165, 1.54) is 5.06 Å². The predicted molar refractivity (Wildman–Crippen MR) is 42.3 cm³/mol. The molecule has 1 unspecified atom stereocenters. The minimum absolute atomic E-state index is 0.0579. The van der Waals surface area contributed by atoms with Crippen LogP contribution in [0, 0.1) is 0 Å².